The Balaban J connectivity index is 1.17. The molecule has 2 aromatic rings. The zero-order chi connectivity index (χ0) is 29.3. The van der Waals surface area contributed by atoms with Crippen LogP contribution in [0.3, 0.4) is 0 Å². The van der Waals surface area contributed by atoms with E-state index in [1.54, 1.807) is 11.1 Å². The largest absolute Gasteiger partial charge is 0.323 e. The number of carbonyl (C=O) groups is 3. The summed E-state index contributed by atoms with van der Waals surface area (Å²) in [5.74, 6) is -0.626. The molecule has 2 aromatic carbocycles. The highest BCUT2D eigenvalue weighted by Crippen LogP contribution is 2.47. The van der Waals surface area contributed by atoms with Gasteiger partial charge in [-0.15, -0.1) is 0 Å². The average Bonchev–Trinajstić information content (AvgIpc) is 3.40. The second kappa shape index (κ2) is 11.6. The van der Waals surface area contributed by atoms with Crippen LogP contribution in [0, 0.1) is 5.92 Å². The van der Waals surface area contributed by atoms with Gasteiger partial charge in [0.25, 0.3) is 5.91 Å². The third-order valence-corrected chi connectivity index (χ3v) is 10.1. The van der Waals surface area contributed by atoms with Crippen LogP contribution >= 0.6 is 0 Å². The summed E-state index contributed by atoms with van der Waals surface area (Å²) in [7, 11) is 4.33. The molecule has 4 aliphatic rings. The lowest BCUT2D eigenvalue weighted by Crippen LogP contribution is -2.56. The van der Waals surface area contributed by atoms with Gasteiger partial charge in [-0.05, 0) is 76.2 Å². The van der Waals surface area contributed by atoms with Gasteiger partial charge in [-0.2, -0.15) is 0 Å². The zero-order valence-corrected chi connectivity index (χ0v) is 24.6. The van der Waals surface area contributed by atoms with Gasteiger partial charge in [-0.1, -0.05) is 55.0 Å². The first-order valence-electron chi connectivity index (χ1n) is 15.2. The van der Waals surface area contributed by atoms with Crippen molar-refractivity contribution in [1.82, 2.24) is 26.0 Å². The monoisotopic (exact) mass is 570 g/mol. The Bertz CT molecular complexity index is 1330. The SMILES string of the molecule is CN(C)C1(c2ccccc2)CCC2(CC1)C[C@@H](N1CC(N(C(=O)C(=O)CC3CCC3)c3ccccc3)=CNC1=O)NN2. The number of benzene rings is 2. The Hall–Kier alpha value is -3.53. The third-order valence-electron chi connectivity index (χ3n) is 10.1. The van der Waals surface area contributed by atoms with Gasteiger partial charge < -0.3 is 10.2 Å². The van der Waals surface area contributed by atoms with E-state index in [4.69, 9.17) is 0 Å². The Labute approximate surface area is 248 Å². The van der Waals surface area contributed by atoms with Crippen molar-refractivity contribution in [3.8, 4) is 0 Å². The quantitative estimate of drug-likeness (QED) is 0.411. The minimum Gasteiger partial charge on any atom is -0.313 e. The molecule has 3 N–H and O–H groups in total. The molecule has 3 amide bonds. The number of hydrazine groups is 1. The summed E-state index contributed by atoms with van der Waals surface area (Å²) in [6, 6.07) is 19.8. The van der Waals surface area contributed by atoms with E-state index in [-0.39, 0.29) is 42.0 Å². The van der Waals surface area contributed by atoms with E-state index in [2.05, 4.69) is 65.5 Å². The maximum absolute atomic E-state index is 13.6. The van der Waals surface area contributed by atoms with Gasteiger partial charge in [-0.3, -0.25) is 19.4 Å². The van der Waals surface area contributed by atoms with Crippen LogP contribution in [0.5, 0.6) is 0 Å². The summed E-state index contributed by atoms with van der Waals surface area (Å²) < 4.78 is 0. The van der Waals surface area contributed by atoms with Crippen LogP contribution in [-0.2, 0) is 15.1 Å². The second-order valence-electron chi connectivity index (χ2n) is 12.7. The summed E-state index contributed by atoms with van der Waals surface area (Å²) >= 11 is 0. The van der Waals surface area contributed by atoms with Crippen LogP contribution in [0.15, 0.2) is 72.6 Å². The Morgan fingerprint density at radius 2 is 1.62 bits per heavy atom. The first-order chi connectivity index (χ1) is 20.3. The van der Waals surface area contributed by atoms with Crippen molar-refractivity contribution in [3.63, 3.8) is 0 Å². The van der Waals surface area contributed by atoms with E-state index in [0.717, 1.165) is 51.4 Å². The number of urea groups is 1. The van der Waals surface area contributed by atoms with Gasteiger partial charge in [0.1, 0.15) is 0 Å². The smallest absolute Gasteiger partial charge is 0.313 e. The lowest BCUT2D eigenvalue weighted by Gasteiger charge is -2.49. The predicted molar refractivity (Wildman–Crippen MR) is 162 cm³/mol. The molecule has 1 spiro atoms. The molecular weight excluding hydrogens is 528 g/mol. The lowest BCUT2D eigenvalue weighted by molar-refractivity contribution is -0.137. The van der Waals surface area contributed by atoms with Crippen LogP contribution in [0.25, 0.3) is 0 Å². The first-order valence-corrected chi connectivity index (χ1v) is 15.2. The fourth-order valence-corrected chi connectivity index (χ4v) is 7.18. The van der Waals surface area contributed by atoms with Crippen molar-refractivity contribution in [2.45, 2.75) is 75.0 Å². The molecular formula is C33H42N6O3. The topological polar surface area (TPSA) is 97.0 Å². The minimum atomic E-state index is -0.544. The summed E-state index contributed by atoms with van der Waals surface area (Å²) in [5, 5.41) is 2.85. The van der Waals surface area contributed by atoms with E-state index in [9.17, 15) is 14.4 Å². The van der Waals surface area contributed by atoms with Crippen LogP contribution in [0.2, 0.25) is 0 Å². The number of para-hydroxylation sites is 1. The highest BCUT2D eigenvalue weighted by Gasteiger charge is 2.50. The lowest BCUT2D eigenvalue weighted by atomic mass is 9.68. The number of amides is 3. The fraction of sp³-hybridized carbons (Fsp3) is 0.485. The van der Waals surface area contributed by atoms with E-state index in [0.29, 0.717) is 17.3 Å². The van der Waals surface area contributed by atoms with Crippen molar-refractivity contribution < 1.29 is 14.4 Å². The Morgan fingerprint density at radius 1 is 0.952 bits per heavy atom. The van der Waals surface area contributed by atoms with E-state index in [1.165, 1.54) is 10.5 Å². The van der Waals surface area contributed by atoms with Crippen molar-refractivity contribution in [2.75, 3.05) is 25.5 Å². The molecule has 0 aromatic heterocycles. The maximum Gasteiger partial charge on any atom is 0.323 e. The molecule has 0 unspecified atom stereocenters. The summed E-state index contributed by atoms with van der Waals surface area (Å²) in [5.41, 5.74) is 9.37. The number of rotatable bonds is 8. The summed E-state index contributed by atoms with van der Waals surface area (Å²) in [4.78, 5) is 45.4. The zero-order valence-electron chi connectivity index (χ0n) is 24.6. The van der Waals surface area contributed by atoms with Gasteiger partial charge in [0, 0.05) is 35.8 Å². The summed E-state index contributed by atoms with van der Waals surface area (Å²) in [6.45, 7) is 0.213. The van der Waals surface area contributed by atoms with Gasteiger partial charge in [0.2, 0.25) is 5.78 Å². The first kappa shape index (κ1) is 28.6. The van der Waals surface area contributed by atoms with Crippen LogP contribution < -0.4 is 21.1 Å². The molecule has 6 rings (SSSR count). The fourth-order valence-electron chi connectivity index (χ4n) is 7.18. The molecule has 9 heteroatoms. The van der Waals surface area contributed by atoms with Crippen molar-refractivity contribution in [1.29, 1.82) is 0 Å². The molecule has 1 atom stereocenters. The van der Waals surface area contributed by atoms with E-state index < -0.39 is 5.91 Å². The normalized spacial score (nSPS) is 27.9. The number of nitrogens with zero attached hydrogens (tertiary/aromatic N) is 3. The van der Waals surface area contributed by atoms with E-state index in [1.807, 2.05) is 30.3 Å². The molecule has 2 heterocycles. The number of ketones is 1. The summed E-state index contributed by atoms with van der Waals surface area (Å²) in [6.07, 6.45) is 9.40. The maximum atomic E-state index is 13.6. The molecule has 0 bridgehead atoms. The number of anilines is 1. The number of hydrogen-bond donors (Lipinski definition) is 3. The van der Waals surface area contributed by atoms with Crippen LogP contribution in [0.1, 0.15) is 63.4 Å². The van der Waals surface area contributed by atoms with E-state index >= 15 is 0 Å². The van der Waals surface area contributed by atoms with Gasteiger partial charge in [-0.25, -0.2) is 15.6 Å². The number of nitrogens with one attached hydrogen (secondary N) is 3. The third kappa shape index (κ3) is 5.37. The molecule has 1 saturated heterocycles. The number of Topliss-reactive ketones (excluding diaryl/α,β-unsaturated/α-hetero) is 1. The van der Waals surface area contributed by atoms with Crippen LogP contribution in [0.4, 0.5) is 10.5 Å². The van der Waals surface area contributed by atoms with Gasteiger partial charge in [0.05, 0.1) is 18.4 Å². The number of carbonyl (C=O) groups excluding carboxylic acids is 3. The second-order valence-corrected chi connectivity index (χ2v) is 12.7. The molecule has 2 saturated carbocycles. The van der Waals surface area contributed by atoms with Crippen LogP contribution in [-0.4, -0.2) is 59.9 Å². The Morgan fingerprint density at radius 3 is 2.24 bits per heavy atom. The molecule has 3 fully saturated rings. The highest BCUT2D eigenvalue weighted by molar-refractivity contribution is 6.42. The predicted octanol–water partition coefficient (Wildman–Crippen LogP) is 4.24. The number of hydrogen-bond acceptors (Lipinski definition) is 6. The standard InChI is InChI=1S/C33H42N6O3/c1-37(2)33(25-12-5-3-6-13-25)18-16-32(17-19-33)21-29(35-36-32)38-23-27(22-34-31(38)42)39(26-14-7-4-8-15-26)30(41)28(40)20-24-10-9-11-24/h3-8,12-15,22,24,29,35-36H,9-11,16-21,23H2,1-2H3,(H,34,42)/t29-,32?,33?/m1/s1. The average molecular weight is 571 g/mol. The van der Waals surface area contributed by atoms with Crippen molar-refractivity contribution in [3.05, 3.63) is 78.1 Å². The molecule has 9 nitrogen and oxygen atoms in total. The van der Waals surface area contributed by atoms with Crippen molar-refractivity contribution in [2.24, 2.45) is 5.92 Å². The van der Waals surface area contributed by atoms with Gasteiger partial charge >= 0.3 is 6.03 Å². The molecule has 2 aliphatic heterocycles. The minimum absolute atomic E-state index is 0.0206. The molecule has 222 valence electrons. The molecule has 2 aliphatic carbocycles. The van der Waals surface area contributed by atoms with Crippen molar-refractivity contribution >= 4 is 23.4 Å². The molecule has 0 radical (unpaired) electrons. The Kier molecular flexibility index (Phi) is 7.91. The molecule has 42 heavy (non-hydrogen) atoms. The highest BCUT2D eigenvalue weighted by atomic mass is 16.2. The van der Waals surface area contributed by atoms with Gasteiger partial charge in [0.15, 0.2) is 0 Å².